The van der Waals surface area contributed by atoms with Crippen LogP contribution in [0.15, 0.2) is 54.6 Å². The maximum absolute atomic E-state index is 5.97. The quantitative estimate of drug-likeness (QED) is 0.176. The zero-order valence-corrected chi connectivity index (χ0v) is 21.7. The fraction of sp³-hybridized carbons (Fsp3) is 0.613. The molecule has 2 aromatic rings. The molecule has 1 N–H and O–H groups in total. The maximum Gasteiger partial charge on any atom is 0.123 e. The van der Waals surface area contributed by atoms with E-state index in [0.717, 1.165) is 24.6 Å². The van der Waals surface area contributed by atoms with E-state index in [1.54, 1.807) is 0 Å². The van der Waals surface area contributed by atoms with E-state index >= 15 is 0 Å². The molecule has 0 atom stereocenters. The number of nitrogens with one attached hydrogen (secondary N) is 1. The molecule has 0 spiro atoms. The van der Waals surface area contributed by atoms with Crippen LogP contribution in [0.25, 0.3) is 0 Å². The van der Waals surface area contributed by atoms with Crippen molar-refractivity contribution in [2.24, 2.45) is 0 Å². The number of hydrogen-bond acceptors (Lipinski definition) is 3. The van der Waals surface area contributed by atoms with Gasteiger partial charge in [-0.1, -0.05) is 127 Å². The highest BCUT2D eigenvalue weighted by Gasteiger charge is 2.03. The molecule has 0 heterocycles. The molecule has 0 aliphatic heterocycles. The van der Waals surface area contributed by atoms with Crippen LogP contribution in [-0.2, 0) is 6.54 Å². The standard InChI is InChI=1S/C31H49NO2/c1-2-3-4-5-6-7-8-9-10-11-12-13-14-20-25-32-28-29-21-18-19-24-31(29)34-27-26-33-30-22-16-15-17-23-30/h15-19,21-24,32H,2-14,20,25-28H2,1H3. The second-order valence-electron chi connectivity index (χ2n) is 9.39. The first kappa shape index (κ1) is 28.2. The Kier molecular flexibility index (Phi) is 16.9. The third-order valence-electron chi connectivity index (χ3n) is 6.35. The summed E-state index contributed by atoms with van der Waals surface area (Å²) in [6, 6.07) is 18.2. The lowest BCUT2D eigenvalue weighted by Gasteiger charge is -2.13. The van der Waals surface area contributed by atoms with Crippen LogP contribution in [-0.4, -0.2) is 19.8 Å². The van der Waals surface area contributed by atoms with Gasteiger partial charge in [0.05, 0.1) is 0 Å². The third-order valence-corrected chi connectivity index (χ3v) is 6.35. The minimum Gasteiger partial charge on any atom is -0.490 e. The van der Waals surface area contributed by atoms with E-state index in [2.05, 4.69) is 24.4 Å². The van der Waals surface area contributed by atoms with Gasteiger partial charge in [-0.3, -0.25) is 0 Å². The number of ether oxygens (including phenoxy) is 2. The molecule has 0 unspecified atom stereocenters. The first-order valence-electron chi connectivity index (χ1n) is 14.0. The lowest BCUT2D eigenvalue weighted by atomic mass is 10.0. The Hall–Kier alpha value is -2.00. The van der Waals surface area contributed by atoms with Gasteiger partial charge in [-0.05, 0) is 31.2 Å². The van der Waals surface area contributed by atoms with Gasteiger partial charge in [-0.2, -0.15) is 0 Å². The summed E-state index contributed by atoms with van der Waals surface area (Å²) in [6.07, 6.45) is 19.7. The Labute approximate surface area is 209 Å². The molecule has 190 valence electrons. The van der Waals surface area contributed by atoms with Crippen molar-refractivity contribution in [2.45, 2.75) is 103 Å². The van der Waals surface area contributed by atoms with Crippen LogP contribution in [0.2, 0.25) is 0 Å². The summed E-state index contributed by atoms with van der Waals surface area (Å²) in [5.74, 6) is 1.84. The highest BCUT2D eigenvalue weighted by Crippen LogP contribution is 2.18. The van der Waals surface area contributed by atoms with Crippen molar-refractivity contribution in [3.05, 3.63) is 60.2 Å². The molecule has 3 nitrogen and oxygen atoms in total. The zero-order chi connectivity index (χ0) is 23.9. The summed E-state index contributed by atoms with van der Waals surface area (Å²) >= 11 is 0. The van der Waals surface area contributed by atoms with Crippen LogP contribution >= 0.6 is 0 Å². The van der Waals surface area contributed by atoms with Crippen LogP contribution in [0.4, 0.5) is 0 Å². The molecule has 0 aliphatic rings. The molecular formula is C31H49NO2. The molecule has 0 bridgehead atoms. The fourth-order valence-electron chi connectivity index (χ4n) is 4.29. The molecule has 0 aromatic heterocycles. The van der Waals surface area contributed by atoms with E-state index < -0.39 is 0 Å². The van der Waals surface area contributed by atoms with Gasteiger partial charge in [0, 0.05) is 12.1 Å². The normalized spacial score (nSPS) is 11.0. The molecule has 2 aromatic carbocycles. The molecule has 3 heteroatoms. The summed E-state index contributed by atoms with van der Waals surface area (Å²) in [7, 11) is 0. The van der Waals surface area contributed by atoms with Gasteiger partial charge < -0.3 is 14.8 Å². The minimum absolute atomic E-state index is 0.546. The van der Waals surface area contributed by atoms with Crippen LogP contribution < -0.4 is 14.8 Å². The van der Waals surface area contributed by atoms with Crippen molar-refractivity contribution >= 4 is 0 Å². The second kappa shape index (κ2) is 20.4. The Morgan fingerprint density at radius 3 is 1.74 bits per heavy atom. The smallest absolute Gasteiger partial charge is 0.123 e. The number of para-hydroxylation sites is 2. The first-order chi connectivity index (χ1) is 16.9. The van der Waals surface area contributed by atoms with Crippen molar-refractivity contribution in [2.75, 3.05) is 19.8 Å². The van der Waals surface area contributed by atoms with Crippen LogP contribution in [0.3, 0.4) is 0 Å². The average Bonchev–Trinajstić information content (AvgIpc) is 2.87. The van der Waals surface area contributed by atoms with Gasteiger partial charge in [0.1, 0.15) is 24.7 Å². The van der Waals surface area contributed by atoms with Crippen LogP contribution in [0.1, 0.15) is 102 Å². The van der Waals surface area contributed by atoms with Gasteiger partial charge in [0.25, 0.3) is 0 Å². The number of rotatable bonds is 22. The molecular weight excluding hydrogens is 418 g/mol. The lowest BCUT2D eigenvalue weighted by molar-refractivity contribution is 0.215. The predicted octanol–water partition coefficient (Wildman–Crippen LogP) is 8.72. The van der Waals surface area contributed by atoms with Gasteiger partial charge in [0.2, 0.25) is 0 Å². The van der Waals surface area contributed by atoms with Gasteiger partial charge in [0.15, 0.2) is 0 Å². The van der Waals surface area contributed by atoms with Gasteiger partial charge >= 0.3 is 0 Å². The molecule has 0 fully saturated rings. The van der Waals surface area contributed by atoms with E-state index in [0.29, 0.717) is 13.2 Å². The average molecular weight is 468 g/mol. The molecule has 0 aliphatic carbocycles. The van der Waals surface area contributed by atoms with Crippen molar-refractivity contribution < 1.29 is 9.47 Å². The number of benzene rings is 2. The van der Waals surface area contributed by atoms with Crippen molar-refractivity contribution in [3.63, 3.8) is 0 Å². The van der Waals surface area contributed by atoms with Gasteiger partial charge in [-0.25, -0.2) is 0 Å². The molecule has 0 radical (unpaired) electrons. The van der Waals surface area contributed by atoms with E-state index in [4.69, 9.17) is 9.47 Å². The Morgan fingerprint density at radius 2 is 1.09 bits per heavy atom. The summed E-state index contributed by atoms with van der Waals surface area (Å²) < 4.78 is 11.7. The predicted molar refractivity (Wildman–Crippen MR) is 146 cm³/mol. The molecule has 0 saturated carbocycles. The van der Waals surface area contributed by atoms with Crippen molar-refractivity contribution in [1.82, 2.24) is 5.32 Å². The van der Waals surface area contributed by atoms with Gasteiger partial charge in [-0.15, -0.1) is 0 Å². The summed E-state index contributed by atoms with van der Waals surface area (Å²) in [5.41, 5.74) is 1.22. The fourth-order valence-corrected chi connectivity index (χ4v) is 4.29. The molecule has 0 amide bonds. The maximum atomic E-state index is 5.97. The minimum atomic E-state index is 0.546. The molecule has 2 rings (SSSR count). The number of hydrogen-bond donors (Lipinski definition) is 1. The highest BCUT2D eigenvalue weighted by molar-refractivity contribution is 5.33. The number of unbranched alkanes of at least 4 members (excludes halogenated alkanes) is 13. The van der Waals surface area contributed by atoms with E-state index in [1.807, 2.05) is 42.5 Å². The first-order valence-corrected chi connectivity index (χ1v) is 14.0. The van der Waals surface area contributed by atoms with Crippen LogP contribution in [0.5, 0.6) is 11.5 Å². The zero-order valence-electron chi connectivity index (χ0n) is 21.7. The monoisotopic (exact) mass is 467 g/mol. The van der Waals surface area contributed by atoms with Crippen molar-refractivity contribution in [1.29, 1.82) is 0 Å². The Bertz CT molecular complexity index is 704. The Balaban J connectivity index is 1.41. The van der Waals surface area contributed by atoms with E-state index in [-0.39, 0.29) is 0 Å². The summed E-state index contributed by atoms with van der Waals surface area (Å²) in [6.45, 7) is 5.31. The second-order valence-corrected chi connectivity index (χ2v) is 9.39. The summed E-state index contributed by atoms with van der Waals surface area (Å²) in [5, 5.41) is 3.59. The highest BCUT2D eigenvalue weighted by atomic mass is 16.5. The Morgan fingerprint density at radius 1 is 0.559 bits per heavy atom. The van der Waals surface area contributed by atoms with E-state index in [9.17, 15) is 0 Å². The topological polar surface area (TPSA) is 30.5 Å². The molecule has 0 saturated heterocycles. The lowest BCUT2D eigenvalue weighted by Crippen LogP contribution is -2.16. The SMILES string of the molecule is CCCCCCCCCCCCCCCCNCc1ccccc1OCCOc1ccccc1. The van der Waals surface area contributed by atoms with Crippen molar-refractivity contribution in [3.8, 4) is 11.5 Å². The van der Waals surface area contributed by atoms with Crippen LogP contribution in [0, 0.1) is 0 Å². The largest absolute Gasteiger partial charge is 0.490 e. The summed E-state index contributed by atoms with van der Waals surface area (Å²) in [4.78, 5) is 0. The molecule has 34 heavy (non-hydrogen) atoms. The van der Waals surface area contributed by atoms with E-state index in [1.165, 1.54) is 95.5 Å². The third kappa shape index (κ3) is 14.3.